The van der Waals surface area contributed by atoms with Crippen molar-refractivity contribution >= 4 is 45.7 Å². The van der Waals surface area contributed by atoms with Gasteiger partial charge in [-0.15, -0.1) is 23.1 Å². The lowest BCUT2D eigenvalue weighted by Crippen LogP contribution is -2.46. The monoisotopic (exact) mass is 459 g/mol. The lowest BCUT2D eigenvalue weighted by atomic mass is 9.64. The number of benzene rings is 1. The van der Waals surface area contributed by atoms with E-state index in [2.05, 4.69) is 58.8 Å². The van der Waals surface area contributed by atoms with Gasteiger partial charge in [-0.1, -0.05) is 26.2 Å². The molecule has 1 saturated carbocycles. The quantitative estimate of drug-likeness (QED) is 0.460. The second-order valence-corrected chi connectivity index (χ2v) is 9.77. The van der Waals surface area contributed by atoms with Gasteiger partial charge in [-0.3, -0.25) is 4.98 Å². The predicted molar refractivity (Wildman–Crippen MR) is 107 cm³/mol. The first-order valence-electron chi connectivity index (χ1n) is 8.03. The van der Waals surface area contributed by atoms with Gasteiger partial charge in [0.15, 0.2) is 0 Å². The number of aromatic nitrogens is 1. The Morgan fingerprint density at radius 3 is 2.57 bits per heavy atom. The number of hydrogen-bond acceptors (Lipinski definition) is 4. The van der Waals surface area contributed by atoms with Crippen molar-refractivity contribution in [2.24, 2.45) is 5.41 Å². The molecule has 1 aliphatic carbocycles. The van der Waals surface area contributed by atoms with Gasteiger partial charge < -0.3 is 5.11 Å². The van der Waals surface area contributed by atoms with Crippen LogP contribution in [0.1, 0.15) is 43.9 Å². The van der Waals surface area contributed by atoms with Crippen LogP contribution in [0.15, 0.2) is 40.9 Å². The first kappa shape index (κ1) is 17.7. The summed E-state index contributed by atoms with van der Waals surface area (Å²) < 4.78 is 1.24. The Hall–Kier alpha value is -0.110. The van der Waals surface area contributed by atoms with Crippen molar-refractivity contribution in [3.8, 4) is 0 Å². The van der Waals surface area contributed by atoms with Crippen molar-refractivity contribution in [1.82, 2.24) is 4.98 Å². The molecule has 1 N–H and O–H groups in total. The van der Waals surface area contributed by atoms with Gasteiger partial charge in [0.1, 0.15) is 5.60 Å². The first-order valence-corrected chi connectivity index (χ1v) is 11.0. The summed E-state index contributed by atoms with van der Waals surface area (Å²) in [4.78, 5) is 6.46. The molecular formula is C18H22INOS2. The van der Waals surface area contributed by atoms with Crippen LogP contribution in [0.5, 0.6) is 0 Å². The number of halogens is 1. The minimum Gasteiger partial charge on any atom is -0.383 e. The van der Waals surface area contributed by atoms with E-state index in [0.29, 0.717) is 5.75 Å². The summed E-state index contributed by atoms with van der Waals surface area (Å²) in [7, 11) is 0. The van der Waals surface area contributed by atoms with Crippen molar-refractivity contribution in [3.63, 3.8) is 0 Å². The molecule has 0 spiro atoms. The van der Waals surface area contributed by atoms with Crippen LogP contribution in [0.4, 0.5) is 0 Å². The standard InChI is InChI=1S/C18H22INOS2/c1-17(9-3-2-4-10-17)18(21,16-11-20-13-23-16)12-22-15-7-5-14(19)6-8-15/h5-8,11,13,21H,2-4,9-10,12H2,1H3. The number of hydrogen-bond donors (Lipinski definition) is 1. The smallest absolute Gasteiger partial charge is 0.115 e. The minimum atomic E-state index is -0.803. The van der Waals surface area contributed by atoms with Crippen LogP contribution in [0.25, 0.3) is 0 Å². The molecule has 3 rings (SSSR count). The second-order valence-electron chi connectivity index (χ2n) is 6.59. The molecule has 1 aliphatic rings. The van der Waals surface area contributed by atoms with Crippen LogP contribution in [-0.4, -0.2) is 15.8 Å². The predicted octanol–water partition coefficient (Wildman–Crippen LogP) is 5.70. The van der Waals surface area contributed by atoms with Crippen molar-refractivity contribution < 1.29 is 5.11 Å². The molecule has 124 valence electrons. The second kappa shape index (κ2) is 7.42. The van der Waals surface area contributed by atoms with E-state index < -0.39 is 5.60 Å². The Morgan fingerprint density at radius 1 is 1.26 bits per heavy atom. The van der Waals surface area contributed by atoms with E-state index in [4.69, 9.17) is 0 Å². The molecule has 0 bridgehead atoms. The molecular weight excluding hydrogens is 437 g/mol. The van der Waals surface area contributed by atoms with Gasteiger partial charge in [-0.05, 0) is 59.7 Å². The number of rotatable bonds is 5. The van der Waals surface area contributed by atoms with E-state index in [1.807, 2.05) is 11.7 Å². The Labute approximate surface area is 160 Å². The zero-order valence-electron chi connectivity index (χ0n) is 13.3. The first-order chi connectivity index (χ1) is 11.0. The zero-order valence-corrected chi connectivity index (χ0v) is 17.1. The molecule has 1 heterocycles. The SMILES string of the molecule is CC1(C(O)(CSc2ccc(I)cc2)c2cncs2)CCCCC1. The van der Waals surface area contributed by atoms with E-state index in [-0.39, 0.29) is 5.41 Å². The van der Waals surface area contributed by atoms with Crippen LogP contribution in [-0.2, 0) is 5.60 Å². The summed E-state index contributed by atoms with van der Waals surface area (Å²) in [6.07, 6.45) is 7.76. The molecule has 0 amide bonds. The van der Waals surface area contributed by atoms with E-state index in [9.17, 15) is 5.11 Å². The molecule has 5 heteroatoms. The molecule has 1 unspecified atom stereocenters. The van der Waals surface area contributed by atoms with Crippen LogP contribution >= 0.6 is 45.7 Å². The lowest BCUT2D eigenvalue weighted by Gasteiger charge is -2.47. The van der Waals surface area contributed by atoms with E-state index in [0.717, 1.165) is 17.7 Å². The van der Waals surface area contributed by atoms with Gasteiger partial charge in [0.05, 0.1) is 10.4 Å². The highest BCUT2D eigenvalue weighted by Crippen LogP contribution is 2.52. The van der Waals surface area contributed by atoms with Crippen LogP contribution in [0.3, 0.4) is 0 Å². The molecule has 2 nitrogen and oxygen atoms in total. The third-order valence-electron chi connectivity index (χ3n) is 5.06. The highest BCUT2D eigenvalue weighted by atomic mass is 127. The van der Waals surface area contributed by atoms with Crippen molar-refractivity contribution in [2.45, 2.75) is 49.5 Å². The van der Waals surface area contributed by atoms with Gasteiger partial charge in [-0.25, -0.2) is 0 Å². The van der Waals surface area contributed by atoms with Crippen molar-refractivity contribution in [1.29, 1.82) is 0 Å². The summed E-state index contributed by atoms with van der Waals surface area (Å²) in [5.74, 6) is 0.687. The highest BCUT2D eigenvalue weighted by Gasteiger charge is 2.49. The number of aliphatic hydroxyl groups is 1. The summed E-state index contributed by atoms with van der Waals surface area (Å²) >= 11 is 5.66. The Kier molecular flexibility index (Phi) is 5.71. The maximum Gasteiger partial charge on any atom is 0.115 e. The van der Waals surface area contributed by atoms with E-state index >= 15 is 0 Å². The average Bonchev–Trinajstić information content (AvgIpc) is 3.09. The molecule has 1 atom stereocenters. The van der Waals surface area contributed by atoms with Gasteiger partial charge in [0.25, 0.3) is 0 Å². The Morgan fingerprint density at radius 2 is 1.96 bits per heavy atom. The average molecular weight is 459 g/mol. The summed E-state index contributed by atoms with van der Waals surface area (Å²) in [5.41, 5.74) is 0.971. The fourth-order valence-electron chi connectivity index (χ4n) is 3.43. The molecule has 0 saturated heterocycles. The fraction of sp³-hybridized carbons (Fsp3) is 0.500. The third kappa shape index (κ3) is 3.78. The maximum absolute atomic E-state index is 11.7. The van der Waals surface area contributed by atoms with E-state index in [1.165, 1.54) is 27.7 Å². The lowest BCUT2D eigenvalue weighted by molar-refractivity contribution is -0.0796. The molecule has 0 aliphatic heterocycles. The Bertz CT molecular complexity index is 623. The Balaban J connectivity index is 1.85. The van der Waals surface area contributed by atoms with Crippen molar-refractivity contribution in [3.05, 3.63) is 44.4 Å². The highest BCUT2D eigenvalue weighted by molar-refractivity contribution is 14.1. The summed E-state index contributed by atoms with van der Waals surface area (Å²) in [5, 5.41) is 11.7. The molecule has 2 aromatic rings. The molecule has 23 heavy (non-hydrogen) atoms. The fourth-order valence-corrected chi connectivity index (χ4v) is 5.96. The molecule has 1 aromatic carbocycles. The number of thioether (sulfide) groups is 1. The molecule has 0 radical (unpaired) electrons. The van der Waals surface area contributed by atoms with Gasteiger partial charge in [0.2, 0.25) is 0 Å². The minimum absolute atomic E-state index is 0.0615. The topological polar surface area (TPSA) is 33.1 Å². The number of nitrogens with zero attached hydrogens (tertiary/aromatic N) is 1. The third-order valence-corrected chi connectivity index (χ3v) is 7.87. The van der Waals surface area contributed by atoms with Gasteiger partial charge in [-0.2, -0.15) is 0 Å². The largest absolute Gasteiger partial charge is 0.383 e. The van der Waals surface area contributed by atoms with E-state index in [1.54, 1.807) is 23.1 Å². The van der Waals surface area contributed by atoms with Crippen LogP contribution < -0.4 is 0 Å². The summed E-state index contributed by atoms with van der Waals surface area (Å²) in [6.45, 7) is 2.26. The van der Waals surface area contributed by atoms with Crippen molar-refractivity contribution in [2.75, 3.05) is 5.75 Å². The molecule has 1 fully saturated rings. The van der Waals surface area contributed by atoms with Crippen LogP contribution in [0, 0.1) is 8.99 Å². The van der Waals surface area contributed by atoms with Crippen LogP contribution in [0.2, 0.25) is 0 Å². The van der Waals surface area contributed by atoms with Gasteiger partial charge in [0, 0.05) is 25.8 Å². The summed E-state index contributed by atoms with van der Waals surface area (Å²) in [6, 6.07) is 8.53. The normalized spacial score (nSPS) is 20.1. The number of thiazole rings is 1. The zero-order chi connectivity index (χ0) is 16.3. The van der Waals surface area contributed by atoms with Gasteiger partial charge >= 0.3 is 0 Å². The molecule has 1 aromatic heterocycles. The maximum atomic E-state index is 11.7.